The first kappa shape index (κ1) is 38.0. The SMILES string of the molecule is COC(=O)c1ccc(N2CCC3(CC2)CC(N2CCC[C@H]2c2ccccc2C(C)C)C3)cc1N1CCCOc2nc3c(ccn3COCC[Si](C)(C)C)cc21. The van der Waals surface area contributed by atoms with Gasteiger partial charge >= 0.3 is 5.97 Å². The molecule has 10 heteroatoms. The fourth-order valence-electron chi connectivity index (χ4n) is 9.74. The van der Waals surface area contributed by atoms with Crippen molar-refractivity contribution in [2.45, 2.75) is 109 Å². The van der Waals surface area contributed by atoms with Crippen molar-refractivity contribution in [3.8, 4) is 5.88 Å². The Morgan fingerprint density at radius 3 is 2.55 bits per heavy atom. The minimum Gasteiger partial charge on any atom is -0.476 e. The van der Waals surface area contributed by atoms with Gasteiger partial charge in [0.25, 0.3) is 0 Å². The number of rotatable bonds is 11. The zero-order valence-corrected chi connectivity index (χ0v) is 35.0. The number of nitrogens with zero attached hydrogens (tertiary/aromatic N) is 5. The molecule has 3 fully saturated rings. The van der Waals surface area contributed by atoms with Crippen LogP contribution in [-0.4, -0.2) is 81.0 Å². The van der Waals surface area contributed by atoms with Crippen molar-refractivity contribution in [1.29, 1.82) is 0 Å². The van der Waals surface area contributed by atoms with Gasteiger partial charge in [-0.05, 0) is 110 Å². The summed E-state index contributed by atoms with van der Waals surface area (Å²) < 4.78 is 19.7. The van der Waals surface area contributed by atoms with Crippen LogP contribution in [0, 0.1) is 5.41 Å². The molecule has 0 radical (unpaired) electrons. The van der Waals surface area contributed by atoms with Gasteiger partial charge in [0.15, 0.2) is 0 Å². The quantitative estimate of drug-likeness (QED) is 0.0850. The molecule has 2 aromatic carbocycles. The number of esters is 1. The summed E-state index contributed by atoms with van der Waals surface area (Å²) in [5, 5.41) is 1.02. The van der Waals surface area contributed by atoms with E-state index in [0.717, 1.165) is 60.3 Å². The van der Waals surface area contributed by atoms with Crippen LogP contribution >= 0.6 is 0 Å². The molecule has 1 aliphatic carbocycles. The first-order valence-electron chi connectivity index (χ1n) is 20.8. The van der Waals surface area contributed by atoms with Crippen LogP contribution in [0.4, 0.5) is 17.1 Å². The van der Waals surface area contributed by atoms with Gasteiger partial charge in [0.1, 0.15) is 18.1 Å². The van der Waals surface area contributed by atoms with Gasteiger partial charge in [-0.15, -0.1) is 0 Å². The number of anilines is 3. The lowest BCUT2D eigenvalue weighted by Gasteiger charge is -2.56. The van der Waals surface area contributed by atoms with E-state index in [1.807, 2.05) is 12.3 Å². The molecule has 0 amide bonds. The maximum absolute atomic E-state index is 13.3. The molecule has 0 N–H and O–H groups in total. The van der Waals surface area contributed by atoms with Crippen LogP contribution in [0.2, 0.25) is 25.7 Å². The van der Waals surface area contributed by atoms with Crippen molar-refractivity contribution < 1.29 is 19.0 Å². The second kappa shape index (κ2) is 15.6. The number of pyridine rings is 1. The largest absolute Gasteiger partial charge is 0.476 e. The predicted molar refractivity (Wildman–Crippen MR) is 225 cm³/mol. The van der Waals surface area contributed by atoms with Crippen LogP contribution in [0.25, 0.3) is 11.0 Å². The number of likely N-dealkylation sites (tertiary alicyclic amines) is 1. The third-order valence-electron chi connectivity index (χ3n) is 12.9. The Bertz CT molecular complexity index is 1990. The molecule has 294 valence electrons. The number of carbonyl (C=O) groups excluding carboxylic acids is 1. The summed E-state index contributed by atoms with van der Waals surface area (Å²) in [5.41, 5.74) is 7.80. The van der Waals surface area contributed by atoms with E-state index in [4.69, 9.17) is 19.2 Å². The van der Waals surface area contributed by atoms with E-state index in [9.17, 15) is 4.79 Å². The molecule has 0 unspecified atom stereocenters. The smallest absolute Gasteiger partial charge is 0.339 e. The van der Waals surface area contributed by atoms with Crippen LogP contribution < -0.4 is 14.5 Å². The van der Waals surface area contributed by atoms with Crippen molar-refractivity contribution in [1.82, 2.24) is 14.5 Å². The molecule has 55 heavy (non-hydrogen) atoms. The number of piperidine rings is 1. The molecule has 1 saturated carbocycles. The average molecular weight is 764 g/mol. The van der Waals surface area contributed by atoms with Crippen molar-refractivity contribution in [3.05, 3.63) is 77.5 Å². The summed E-state index contributed by atoms with van der Waals surface area (Å²) in [5.74, 6) is 0.800. The van der Waals surface area contributed by atoms with Crippen molar-refractivity contribution in [2.24, 2.45) is 5.41 Å². The number of fused-ring (bicyclic) bond motifs is 2. The zero-order chi connectivity index (χ0) is 38.3. The summed E-state index contributed by atoms with van der Waals surface area (Å²) in [4.78, 5) is 25.9. The summed E-state index contributed by atoms with van der Waals surface area (Å²) in [6, 6.07) is 22.1. The number of ether oxygens (including phenoxy) is 3. The lowest BCUT2D eigenvalue weighted by Crippen LogP contribution is -2.55. The third kappa shape index (κ3) is 7.79. The molecular weight excluding hydrogens is 703 g/mol. The highest BCUT2D eigenvalue weighted by molar-refractivity contribution is 6.76. The van der Waals surface area contributed by atoms with Crippen LogP contribution in [0.1, 0.15) is 92.2 Å². The molecule has 8 rings (SSSR count). The number of carbonyl (C=O) groups is 1. The topological polar surface area (TPSA) is 72.3 Å². The molecule has 5 heterocycles. The Morgan fingerprint density at radius 1 is 0.982 bits per heavy atom. The molecule has 3 aliphatic heterocycles. The fourth-order valence-corrected chi connectivity index (χ4v) is 10.5. The van der Waals surface area contributed by atoms with Gasteiger partial charge in [-0.1, -0.05) is 57.8 Å². The molecule has 2 aromatic heterocycles. The molecule has 4 aromatic rings. The van der Waals surface area contributed by atoms with Crippen molar-refractivity contribution in [2.75, 3.05) is 56.3 Å². The van der Waals surface area contributed by atoms with Crippen molar-refractivity contribution in [3.63, 3.8) is 0 Å². The summed E-state index contributed by atoms with van der Waals surface area (Å²) in [6.07, 6.45) is 10.5. The van der Waals surface area contributed by atoms with Crippen molar-refractivity contribution >= 4 is 42.1 Å². The highest BCUT2D eigenvalue weighted by Crippen LogP contribution is 2.54. The minimum absolute atomic E-state index is 0.335. The van der Waals surface area contributed by atoms with Crippen LogP contribution in [0.5, 0.6) is 5.88 Å². The number of methoxy groups -OCH3 is 1. The maximum atomic E-state index is 13.3. The molecule has 2 saturated heterocycles. The number of hydrogen-bond acceptors (Lipinski definition) is 8. The second-order valence-corrected chi connectivity index (χ2v) is 23.8. The zero-order valence-electron chi connectivity index (χ0n) is 34.0. The van der Waals surface area contributed by atoms with Gasteiger partial charge in [0, 0.05) is 63.7 Å². The van der Waals surface area contributed by atoms with E-state index >= 15 is 0 Å². The maximum Gasteiger partial charge on any atom is 0.339 e. The first-order chi connectivity index (χ1) is 26.5. The highest BCUT2D eigenvalue weighted by atomic mass is 28.3. The van der Waals surface area contributed by atoms with E-state index in [1.165, 1.54) is 57.7 Å². The van der Waals surface area contributed by atoms with Gasteiger partial charge in [-0.2, -0.15) is 4.98 Å². The highest BCUT2D eigenvalue weighted by Gasteiger charge is 2.50. The van der Waals surface area contributed by atoms with Crippen LogP contribution in [0.3, 0.4) is 0 Å². The lowest BCUT2D eigenvalue weighted by molar-refractivity contribution is -0.0227. The Balaban J connectivity index is 0.984. The Hall–Kier alpha value is -3.86. The summed E-state index contributed by atoms with van der Waals surface area (Å²) in [6.45, 7) is 17.5. The predicted octanol–water partition coefficient (Wildman–Crippen LogP) is 9.77. The number of hydrogen-bond donors (Lipinski definition) is 0. The fraction of sp³-hybridized carbons (Fsp3) is 0.556. The molecule has 0 bridgehead atoms. The molecule has 1 spiro atoms. The van der Waals surface area contributed by atoms with E-state index in [2.05, 4.69) is 101 Å². The Kier molecular flexibility index (Phi) is 10.8. The Morgan fingerprint density at radius 2 is 1.78 bits per heavy atom. The molecular formula is C45H61N5O4Si. The monoisotopic (exact) mass is 763 g/mol. The van der Waals surface area contributed by atoms with E-state index < -0.39 is 8.07 Å². The molecule has 9 nitrogen and oxygen atoms in total. The van der Waals surface area contributed by atoms with E-state index in [0.29, 0.717) is 54.7 Å². The lowest BCUT2D eigenvalue weighted by atomic mass is 9.59. The molecule has 1 atom stereocenters. The van der Waals surface area contributed by atoms with Gasteiger partial charge < -0.3 is 28.6 Å². The summed E-state index contributed by atoms with van der Waals surface area (Å²) in [7, 11) is 0.289. The third-order valence-corrected chi connectivity index (χ3v) is 14.6. The summed E-state index contributed by atoms with van der Waals surface area (Å²) >= 11 is 0. The van der Waals surface area contributed by atoms with E-state index in [-0.39, 0.29) is 5.97 Å². The van der Waals surface area contributed by atoms with Gasteiger partial charge in [-0.3, -0.25) is 4.90 Å². The Labute approximate surface area is 328 Å². The number of benzene rings is 2. The minimum atomic E-state index is -1.17. The standard InChI is InChI=1S/C45H61N5O4Si/c1-32(2)36-11-7-8-12-37(36)39-13-9-19-49(39)35-29-45(30-35)17-22-47(23-18-45)34-14-15-38(44(51)52-3)40(28-34)50-20-10-24-54-43-41(50)27-33-16-21-48(42(33)46-43)31-53-25-26-55(4,5)6/h7-8,11-12,14-16,21,27-28,32,35,39H,9-10,13,17-20,22-26,29-31H2,1-6H3/t39-/m0/s1. The second-order valence-electron chi connectivity index (χ2n) is 18.1. The first-order valence-corrected chi connectivity index (χ1v) is 24.5. The van der Waals surface area contributed by atoms with E-state index in [1.54, 1.807) is 5.56 Å². The van der Waals surface area contributed by atoms with Gasteiger partial charge in [0.2, 0.25) is 5.88 Å². The van der Waals surface area contributed by atoms with Crippen LogP contribution in [0.15, 0.2) is 60.8 Å². The number of aromatic nitrogens is 2. The average Bonchev–Trinajstić information content (AvgIpc) is 3.75. The molecule has 4 aliphatic rings. The van der Waals surface area contributed by atoms with Gasteiger partial charge in [0.05, 0.1) is 25.0 Å². The normalized spacial score (nSPS) is 20.5. The van der Waals surface area contributed by atoms with Gasteiger partial charge in [-0.25, -0.2) is 4.79 Å². The van der Waals surface area contributed by atoms with Crippen LogP contribution in [-0.2, 0) is 16.2 Å².